The first-order valence-electron chi connectivity index (χ1n) is 7.02. The molecule has 0 bridgehead atoms. The van der Waals surface area contributed by atoms with E-state index in [1.165, 1.54) is 0 Å². The summed E-state index contributed by atoms with van der Waals surface area (Å²) in [5, 5.41) is 0. The molecule has 2 heterocycles. The third kappa shape index (κ3) is 1.95. The lowest BCUT2D eigenvalue weighted by atomic mass is 9.98. The normalized spacial score (nSPS) is 15.2. The van der Waals surface area contributed by atoms with Gasteiger partial charge >= 0.3 is 0 Å². The van der Waals surface area contributed by atoms with Gasteiger partial charge in [0.05, 0.1) is 17.7 Å². The zero-order chi connectivity index (χ0) is 14.2. The highest BCUT2D eigenvalue weighted by Crippen LogP contribution is 2.37. The SMILES string of the molecule is O=C(c1cccc2c1OCC2)c1cccc2c1OCCO2. The number of benzene rings is 2. The number of ether oxygens (including phenoxy) is 3. The number of fused-ring (bicyclic) bond motifs is 2. The molecule has 0 fully saturated rings. The molecule has 2 aliphatic rings. The van der Waals surface area contributed by atoms with Crippen molar-refractivity contribution < 1.29 is 19.0 Å². The fourth-order valence-corrected chi connectivity index (χ4v) is 2.79. The minimum Gasteiger partial charge on any atom is -0.492 e. The molecule has 0 N–H and O–H groups in total. The highest BCUT2D eigenvalue weighted by Gasteiger charge is 2.26. The second-order valence-electron chi connectivity index (χ2n) is 5.05. The maximum atomic E-state index is 12.9. The van der Waals surface area contributed by atoms with E-state index in [-0.39, 0.29) is 5.78 Å². The van der Waals surface area contributed by atoms with Gasteiger partial charge in [-0.1, -0.05) is 18.2 Å². The Bertz CT molecular complexity index is 721. The summed E-state index contributed by atoms with van der Waals surface area (Å²) in [4.78, 5) is 12.9. The number of hydrogen-bond acceptors (Lipinski definition) is 4. The molecule has 21 heavy (non-hydrogen) atoms. The van der Waals surface area contributed by atoms with Crippen LogP contribution >= 0.6 is 0 Å². The van der Waals surface area contributed by atoms with E-state index >= 15 is 0 Å². The van der Waals surface area contributed by atoms with E-state index in [0.717, 1.165) is 12.0 Å². The van der Waals surface area contributed by atoms with Crippen LogP contribution in [-0.4, -0.2) is 25.6 Å². The standard InChI is InChI=1S/C17H14O4/c18-15(12-4-1-3-11-7-8-20-16(11)12)13-5-2-6-14-17(13)21-10-9-19-14/h1-6H,7-10H2. The van der Waals surface area contributed by atoms with Gasteiger partial charge in [-0.15, -0.1) is 0 Å². The molecule has 0 saturated carbocycles. The summed E-state index contributed by atoms with van der Waals surface area (Å²) >= 11 is 0. The number of carbonyl (C=O) groups excluding carboxylic acids is 1. The lowest BCUT2D eigenvalue weighted by Crippen LogP contribution is -2.18. The Balaban J connectivity index is 1.81. The maximum absolute atomic E-state index is 12.9. The van der Waals surface area contributed by atoms with Crippen LogP contribution < -0.4 is 14.2 Å². The van der Waals surface area contributed by atoms with Gasteiger partial charge in [-0.2, -0.15) is 0 Å². The largest absolute Gasteiger partial charge is 0.492 e. The molecular weight excluding hydrogens is 268 g/mol. The van der Waals surface area contributed by atoms with Crippen molar-refractivity contribution in [1.29, 1.82) is 0 Å². The van der Waals surface area contributed by atoms with Gasteiger partial charge in [0.15, 0.2) is 11.5 Å². The summed E-state index contributed by atoms with van der Waals surface area (Å²) in [6, 6.07) is 11.1. The molecule has 0 spiro atoms. The summed E-state index contributed by atoms with van der Waals surface area (Å²) in [7, 11) is 0. The van der Waals surface area contributed by atoms with Crippen LogP contribution in [0.2, 0.25) is 0 Å². The summed E-state index contributed by atoms with van der Waals surface area (Å²) in [5.74, 6) is 1.78. The van der Waals surface area contributed by atoms with E-state index in [2.05, 4.69) is 0 Å². The Hall–Kier alpha value is -2.49. The van der Waals surface area contributed by atoms with Gasteiger partial charge < -0.3 is 14.2 Å². The van der Waals surface area contributed by atoms with Crippen molar-refractivity contribution in [3.8, 4) is 17.2 Å². The monoisotopic (exact) mass is 282 g/mol. The second-order valence-corrected chi connectivity index (χ2v) is 5.05. The molecule has 2 aromatic rings. The fraction of sp³-hybridized carbons (Fsp3) is 0.235. The van der Waals surface area contributed by atoms with Crippen LogP contribution in [0.3, 0.4) is 0 Å². The Kier molecular flexibility index (Phi) is 2.81. The number of rotatable bonds is 2. The number of ketones is 1. The van der Waals surface area contributed by atoms with Gasteiger partial charge in [0.1, 0.15) is 19.0 Å². The molecule has 0 radical (unpaired) electrons. The van der Waals surface area contributed by atoms with Gasteiger partial charge in [0, 0.05) is 6.42 Å². The third-order valence-corrected chi connectivity index (χ3v) is 3.77. The van der Waals surface area contributed by atoms with E-state index in [1.54, 1.807) is 12.1 Å². The first-order valence-corrected chi connectivity index (χ1v) is 7.02. The molecule has 2 aromatic carbocycles. The summed E-state index contributed by atoms with van der Waals surface area (Å²) in [6.45, 7) is 1.60. The Morgan fingerprint density at radius 2 is 1.52 bits per heavy atom. The molecule has 4 nitrogen and oxygen atoms in total. The first-order chi connectivity index (χ1) is 10.3. The van der Waals surface area contributed by atoms with Gasteiger partial charge in [-0.3, -0.25) is 4.79 Å². The Morgan fingerprint density at radius 3 is 2.43 bits per heavy atom. The van der Waals surface area contributed by atoms with Crippen molar-refractivity contribution in [1.82, 2.24) is 0 Å². The molecule has 2 aliphatic heterocycles. The number of hydrogen-bond donors (Lipinski definition) is 0. The van der Waals surface area contributed by atoms with E-state index in [0.29, 0.717) is 48.2 Å². The summed E-state index contributed by atoms with van der Waals surface area (Å²) in [5.41, 5.74) is 2.20. The predicted octanol–water partition coefficient (Wildman–Crippen LogP) is 2.62. The first kappa shape index (κ1) is 12.3. The molecule has 0 atom stereocenters. The van der Waals surface area contributed by atoms with Crippen LogP contribution in [0.1, 0.15) is 21.5 Å². The van der Waals surface area contributed by atoms with Crippen molar-refractivity contribution in [3.63, 3.8) is 0 Å². The molecule has 0 amide bonds. The van der Waals surface area contributed by atoms with Crippen molar-refractivity contribution in [2.24, 2.45) is 0 Å². The van der Waals surface area contributed by atoms with Gasteiger partial charge in [0.25, 0.3) is 0 Å². The van der Waals surface area contributed by atoms with Crippen LogP contribution in [0, 0.1) is 0 Å². The fourth-order valence-electron chi connectivity index (χ4n) is 2.79. The zero-order valence-corrected chi connectivity index (χ0v) is 11.4. The van der Waals surface area contributed by atoms with Gasteiger partial charge in [0.2, 0.25) is 5.78 Å². The van der Waals surface area contributed by atoms with Crippen LogP contribution in [0.5, 0.6) is 17.2 Å². The molecule has 4 heteroatoms. The number of para-hydroxylation sites is 2. The maximum Gasteiger partial charge on any atom is 0.200 e. The molecule has 0 saturated heterocycles. The van der Waals surface area contributed by atoms with Gasteiger partial charge in [-0.05, 0) is 23.8 Å². The third-order valence-electron chi connectivity index (χ3n) is 3.77. The van der Waals surface area contributed by atoms with E-state index in [1.807, 2.05) is 24.3 Å². The average molecular weight is 282 g/mol. The molecule has 0 unspecified atom stereocenters. The Morgan fingerprint density at radius 1 is 0.810 bits per heavy atom. The lowest BCUT2D eigenvalue weighted by molar-refractivity contribution is 0.102. The van der Waals surface area contributed by atoms with Crippen molar-refractivity contribution >= 4 is 5.78 Å². The van der Waals surface area contributed by atoms with E-state index < -0.39 is 0 Å². The van der Waals surface area contributed by atoms with Gasteiger partial charge in [-0.25, -0.2) is 0 Å². The topological polar surface area (TPSA) is 44.8 Å². The molecule has 0 aliphatic carbocycles. The van der Waals surface area contributed by atoms with Crippen molar-refractivity contribution in [3.05, 3.63) is 53.1 Å². The van der Waals surface area contributed by atoms with Crippen molar-refractivity contribution in [2.45, 2.75) is 6.42 Å². The summed E-state index contributed by atoms with van der Waals surface area (Å²) in [6.07, 6.45) is 0.850. The quantitative estimate of drug-likeness (QED) is 0.794. The van der Waals surface area contributed by atoms with Crippen LogP contribution in [0.25, 0.3) is 0 Å². The molecule has 106 valence electrons. The second kappa shape index (κ2) is 4.81. The van der Waals surface area contributed by atoms with E-state index in [9.17, 15) is 4.79 Å². The minimum atomic E-state index is -0.0869. The minimum absolute atomic E-state index is 0.0869. The zero-order valence-electron chi connectivity index (χ0n) is 11.4. The smallest absolute Gasteiger partial charge is 0.200 e. The Labute approximate surface area is 122 Å². The van der Waals surface area contributed by atoms with Crippen LogP contribution in [0.4, 0.5) is 0 Å². The van der Waals surface area contributed by atoms with E-state index in [4.69, 9.17) is 14.2 Å². The highest BCUT2D eigenvalue weighted by molar-refractivity contribution is 6.13. The van der Waals surface area contributed by atoms with Crippen LogP contribution in [-0.2, 0) is 6.42 Å². The number of carbonyl (C=O) groups is 1. The highest BCUT2D eigenvalue weighted by atomic mass is 16.6. The predicted molar refractivity (Wildman–Crippen MR) is 76.5 cm³/mol. The van der Waals surface area contributed by atoms with Crippen LogP contribution in [0.15, 0.2) is 36.4 Å². The molecule has 0 aromatic heterocycles. The molecule has 4 rings (SSSR count). The summed E-state index contributed by atoms with van der Waals surface area (Å²) < 4.78 is 16.8. The molecular formula is C17H14O4. The lowest BCUT2D eigenvalue weighted by Gasteiger charge is -2.20. The van der Waals surface area contributed by atoms with Crippen molar-refractivity contribution in [2.75, 3.05) is 19.8 Å². The average Bonchev–Trinajstić information content (AvgIpc) is 3.02.